The number of aromatic nitrogens is 3. The minimum absolute atomic E-state index is 0. The van der Waals surface area contributed by atoms with E-state index in [1.54, 1.807) is 0 Å². The van der Waals surface area contributed by atoms with Crippen molar-refractivity contribution in [1.82, 2.24) is 25.4 Å². The largest absolute Gasteiger partial charge is 0.376 e. The Bertz CT molecular complexity index is 796. The SMILES string of the molecule is Cc1nnc(CN=C(NCC2CCCO2)NC2CCN(c3cccs3)CC2)n1C.I. The van der Waals surface area contributed by atoms with Crippen molar-refractivity contribution in [3.05, 3.63) is 29.2 Å². The Morgan fingerprint density at radius 2 is 2.13 bits per heavy atom. The van der Waals surface area contributed by atoms with Crippen LogP contribution in [0.3, 0.4) is 0 Å². The first-order valence-corrected chi connectivity index (χ1v) is 11.4. The van der Waals surface area contributed by atoms with Crippen LogP contribution in [-0.4, -0.2) is 59.1 Å². The zero-order valence-electron chi connectivity index (χ0n) is 17.7. The quantitative estimate of drug-likeness (QED) is 0.330. The topological polar surface area (TPSA) is 79.6 Å². The first-order valence-electron chi connectivity index (χ1n) is 10.5. The van der Waals surface area contributed by atoms with Crippen LogP contribution in [0.15, 0.2) is 22.5 Å². The molecule has 0 bridgehead atoms. The summed E-state index contributed by atoms with van der Waals surface area (Å²) in [5.74, 6) is 2.61. The van der Waals surface area contributed by atoms with E-state index in [9.17, 15) is 0 Å². The molecule has 10 heteroatoms. The van der Waals surface area contributed by atoms with Crippen molar-refractivity contribution in [2.45, 2.75) is 51.3 Å². The van der Waals surface area contributed by atoms with Crippen molar-refractivity contribution >= 4 is 46.3 Å². The van der Waals surface area contributed by atoms with Gasteiger partial charge in [0.05, 0.1) is 11.1 Å². The molecule has 166 valence electrons. The van der Waals surface area contributed by atoms with Gasteiger partial charge in [0.2, 0.25) is 0 Å². The number of nitrogens with one attached hydrogen (secondary N) is 2. The lowest BCUT2D eigenvalue weighted by Crippen LogP contribution is -2.49. The van der Waals surface area contributed by atoms with E-state index in [2.05, 4.69) is 43.2 Å². The lowest BCUT2D eigenvalue weighted by Gasteiger charge is -2.33. The normalized spacial score (nSPS) is 20.3. The second kappa shape index (κ2) is 11.3. The number of halogens is 1. The Morgan fingerprint density at radius 3 is 2.77 bits per heavy atom. The molecule has 4 heterocycles. The van der Waals surface area contributed by atoms with Crippen molar-refractivity contribution < 1.29 is 4.74 Å². The van der Waals surface area contributed by atoms with Gasteiger partial charge in [-0.3, -0.25) is 0 Å². The molecule has 2 saturated heterocycles. The second-order valence-electron chi connectivity index (χ2n) is 7.76. The average molecular weight is 545 g/mol. The summed E-state index contributed by atoms with van der Waals surface area (Å²) in [4.78, 5) is 7.27. The number of thiophene rings is 1. The molecule has 1 atom stereocenters. The van der Waals surface area contributed by atoms with Gasteiger partial charge in [-0.25, -0.2) is 4.99 Å². The summed E-state index contributed by atoms with van der Waals surface area (Å²) in [5, 5.41) is 19.0. The van der Waals surface area contributed by atoms with Gasteiger partial charge in [-0.2, -0.15) is 0 Å². The van der Waals surface area contributed by atoms with E-state index in [-0.39, 0.29) is 30.1 Å². The van der Waals surface area contributed by atoms with Crippen molar-refractivity contribution in [3.63, 3.8) is 0 Å². The molecule has 0 spiro atoms. The van der Waals surface area contributed by atoms with Gasteiger partial charge in [-0.15, -0.1) is 45.5 Å². The van der Waals surface area contributed by atoms with E-state index in [0.717, 1.165) is 69.5 Å². The maximum Gasteiger partial charge on any atom is 0.192 e. The number of hydrogen-bond donors (Lipinski definition) is 2. The molecular weight excluding hydrogens is 513 g/mol. The smallest absolute Gasteiger partial charge is 0.192 e. The van der Waals surface area contributed by atoms with Crippen LogP contribution in [0.4, 0.5) is 5.00 Å². The van der Waals surface area contributed by atoms with Crippen LogP contribution in [0.1, 0.15) is 37.3 Å². The van der Waals surface area contributed by atoms with Gasteiger partial charge in [0.1, 0.15) is 12.4 Å². The molecule has 2 aliphatic heterocycles. The molecule has 2 aliphatic rings. The van der Waals surface area contributed by atoms with Gasteiger partial charge in [0, 0.05) is 39.3 Å². The van der Waals surface area contributed by atoms with Crippen molar-refractivity contribution in [2.75, 3.05) is 31.1 Å². The molecule has 1 unspecified atom stereocenters. The highest BCUT2D eigenvalue weighted by molar-refractivity contribution is 14.0. The predicted octanol–water partition coefficient (Wildman–Crippen LogP) is 2.69. The molecule has 30 heavy (non-hydrogen) atoms. The average Bonchev–Trinajstić information content (AvgIpc) is 3.50. The van der Waals surface area contributed by atoms with Crippen molar-refractivity contribution in [1.29, 1.82) is 0 Å². The van der Waals surface area contributed by atoms with Crippen LogP contribution < -0.4 is 15.5 Å². The van der Waals surface area contributed by atoms with E-state index in [1.807, 2.05) is 29.9 Å². The lowest BCUT2D eigenvalue weighted by molar-refractivity contribution is 0.113. The summed E-state index contributed by atoms with van der Waals surface area (Å²) in [7, 11) is 1.98. The molecular formula is C20H32IN7OS. The molecule has 4 rings (SSSR count). The van der Waals surface area contributed by atoms with Gasteiger partial charge in [0.15, 0.2) is 11.8 Å². The van der Waals surface area contributed by atoms with E-state index < -0.39 is 0 Å². The summed E-state index contributed by atoms with van der Waals surface area (Å²) in [6.45, 7) is 6.26. The third-order valence-electron chi connectivity index (χ3n) is 5.74. The third kappa shape index (κ3) is 6.07. The number of piperidine rings is 1. The molecule has 0 saturated carbocycles. The van der Waals surface area contributed by atoms with Crippen LogP contribution in [-0.2, 0) is 18.3 Å². The molecule has 2 aromatic heterocycles. The summed E-state index contributed by atoms with van der Waals surface area (Å²) in [5.41, 5.74) is 0. The third-order valence-corrected chi connectivity index (χ3v) is 6.67. The van der Waals surface area contributed by atoms with Crippen LogP contribution in [0.25, 0.3) is 0 Å². The summed E-state index contributed by atoms with van der Waals surface area (Å²) in [6, 6.07) is 4.75. The number of aryl methyl sites for hydroxylation is 1. The number of hydrogen-bond acceptors (Lipinski definition) is 6. The van der Waals surface area contributed by atoms with Gasteiger partial charge in [0.25, 0.3) is 0 Å². The van der Waals surface area contributed by atoms with Crippen LogP contribution in [0.2, 0.25) is 0 Å². The van der Waals surface area contributed by atoms with Crippen LogP contribution >= 0.6 is 35.3 Å². The first kappa shape index (κ1) is 23.3. The van der Waals surface area contributed by atoms with Gasteiger partial charge >= 0.3 is 0 Å². The van der Waals surface area contributed by atoms with E-state index in [4.69, 9.17) is 9.73 Å². The van der Waals surface area contributed by atoms with Crippen molar-refractivity contribution in [3.8, 4) is 0 Å². The zero-order chi connectivity index (χ0) is 20.1. The monoisotopic (exact) mass is 545 g/mol. The molecule has 0 radical (unpaired) electrons. The molecule has 0 amide bonds. The molecule has 0 aromatic carbocycles. The Morgan fingerprint density at radius 1 is 1.30 bits per heavy atom. The molecule has 0 aliphatic carbocycles. The Kier molecular flexibility index (Phi) is 8.75. The highest BCUT2D eigenvalue weighted by Gasteiger charge is 2.22. The first-order chi connectivity index (χ1) is 14.2. The molecule has 2 N–H and O–H groups in total. The fraction of sp³-hybridized carbons (Fsp3) is 0.650. The maximum absolute atomic E-state index is 5.76. The zero-order valence-corrected chi connectivity index (χ0v) is 20.9. The fourth-order valence-corrected chi connectivity index (χ4v) is 4.58. The number of aliphatic imine (C=N–C) groups is 1. The number of guanidine groups is 1. The van der Waals surface area contributed by atoms with E-state index in [0.29, 0.717) is 12.6 Å². The minimum Gasteiger partial charge on any atom is -0.376 e. The molecule has 2 aromatic rings. The van der Waals surface area contributed by atoms with Crippen molar-refractivity contribution in [2.24, 2.45) is 12.0 Å². The second-order valence-corrected chi connectivity index (χ2v) is 8.69. The van der Waals surface area contributed by atoms with Crippen LogP contribution in [0, 0.1) is 6.92 Å². The summed E-state index contributed by atoms with van der Waals surface area (Å²) >= 11 is 1.82. The fourth-order valence-electron chi connectivity index (χ4n) is 3.79. The Labute approximate surface area is 199 Å². The minimum atomic E-state index is 0. The standard InChI is InChI=1S/C20H31N7OS.HI/c1-15-24-25-18(26(15)2)14-22-20(21-13-17-5-3-11-28-17)23-16-7-9-27(10-8-16)19-6-4-12-29-19;/h4,6,12,16-17H,3,5,7-11,13-14H2,1-2H3,(H2,21,22,23);1H. The lowest BCUT2D eigenvalue weighted by atomic mass is 10.1. The Hall–Kier alpha value is -1.40. The van der Waals surface area contributed by atoms with Gasteiger partial charge in [-0.1, -0.05) is 0 Å². The van der Waals surface area contributed by atoms with Gasteiger partial charge in [-0.05, 0) is 50.1 Å². The van der Waals surface area contributed by atoms with E-state index in [1.165, 1.54) is 5.00 Å². The highest BCUT2D eigenvalue weighted by atomic mass is 127. The number of anilines is 1. The van der Waals surface area contributed by atoms with E-state index >= 15 is 0 Å². The predicted molar refractivity (Wildman–Crippen MR) is 132 cm³/mol. The number of ether oxygens (including phenoxy) is 1. The summed E-state index contributed by atoms with van der Waals surface area (Å²) in [6.07, 6.45) is 4.73. The highest BCUT2D eigenvalue weighted by Crippen LogP contribution is 2.24. The maximum atomic E-state index is 5.76. The van der Waals surface area contributed by atoms with Crippen LogP contribution in [0.5, 0.6) is 0 Å². The number of nitrogens with zero attached hydrogens (tertiary/aromatic N) is 5. The Balaban J connectivity index is 0.00000256. The molecule has 2 fully saturated rings. The number of rotatable bonds is 6. The molecule has 8 nitrogen and oxygen atoms in total. The van der Waals surface area contributed by atoms with Gasteiger partial charge < -0.3 is 24.8 Å². The summed E-state index contributed by atoms with van der Waals surface area (Å²) < 4.78 is 7.74.